The summed E-state index contributed by atoms with van der Waals surface area (Å²) in [5, 5.41) is 3.25. The van der Waals surface area contributed by atoms with Gasteiger partial charge in [-0.25, -0.2) is 0 Å². The zero-order valence-corrected chi connectivity index (χ0v) is 14.6. The van der Waals surface area contributed by atoms with E-state index < -0.39 is 0 Å². The van der Waals surface area contributed by atoms with Crippen molar-refractivity contribution in [3.63, 3.8) is 0 Å². The van der Waals surface area contributed by atoms with Gasteiger partial charge in [0.15, 0.2) is 11.5 Å². The van der Waals surface area contributed by atoms with Gasteiger partial charge in [0.05, 0.1) is 25.8 Å². The molecule has 0 saturated heterocycles. The maximum Gasteiger partial charge on any atom is 0.251 e. The van der Waals surface area contributed by atoms with Crippen LogP contribution in [-0.4, -0.2) is 26.7 Å². The Labute approximate surface area is 146 Å². The lowest BCUT2D eigenvalue weighted by atomic mass is 10.1. The number of benzene rings is 2. The first-order valence-electron chi connectivity index (χ1n) is 7.50. The molecule has 2 aromatic carbocycles. The Hall–Kier alpha value is -2.40. The minimum absolute atomic E-state index is 0.215. The van der Waals surface area contributed by atoms with Crippen molar-refractivity contribution in [2.75, 3.05) is 20.8 Å². The van der Waals surface area contributed by atoms with Gasteiger partial charge in [-0.15, -0.1) is 0 Å². The van der Waals surface area contributed by atoms with Crippen LogP contribution in [0.2, 0.25) is 5.02 Å². The number of halogens is 1. The van der Waals surface area contributed by atoms with E-state index in [-0.39, 0.29) is 5.91 Å². The van der Waals surface area contributed by atoms with Gasteiger partial charge in [-0.3, -0.25) is 4.79 Å². The second-order valence-electron chi connectivity index (χ2n) is 4.95. The molecule has 0 aliphatic carbocycles. The monoisotopic (exact) mass is 349 g/mol. The van der Waals surface area contributed by atoms with E-state index in [1.807, 2.05) is 25.1 Å². The molecule has 0 bridgehead atoms. The maximum absolute atomic E-state index is 12.2. The summed E-state index contributed by atoms with van der Waals surface area (Å²) in [6, 6.07) is 10.5. The van der Waals surface area contributed by atoms with Gasteiger partial charge in [-0.1, -0.05) is 17.7 Å². The van der Waals surface area contributed by atoms with Crippen LogP contribution in [0.1, 0.15) is 22.8 Å². The first kappa shape index (κ1) is 17.9. The molecule has 0 aromatic heterocycles. The number of hydrogen-bond donors (Lipinski definition) is 1. The summed E-state index contributed by atoms with van der Waals surface area (Å²) in [6.45, 7) is 2.81. The van der Waals surface area contributed by atoms with Crippen LogP contribution in [0.3, 0.4) is 0 Å². The summed E-state index contributed by atoms with van der Waals surface area (Å²) in [5.74, 6) is 1.63. The molecule has 24 heavy (non-hydrogen) atoms. The van der Waals surface area contributed by atoms with Gasteiger partial charge < -0.3 is 19.5 Å². The van der Waals surface area contributed by atoms with Gasteiger partial charge in [-0.05, 0) is 42.8 Å². The Bertz CT molecular complexity index is 718. The number of nitrogens with one attached hydrogen (secondary N) is 1. The second kappa shape index (κ2) is 8.45. The molecule has 2 rings (SSSR count). The van der Waals surface area contributed by atoms with Crippen LogP contribution < -0.4 is 19.5 Å². The molecule has 0 aliphatic rings. The first-order valence-corrected chi connectivity index (χ1v) is 7.88. The lowest BCUT2D eigenvalue weighted by Gasteiger charge is -2.12. The van der Waals surface area contributed by atoms with Crippen molar-refractivity contribution in [1.82, 2.24) is 5.32 Å². The van der Waals surface area contributed by atoms with E-state index in [1.165, 1.54) is 7.11 Å². The highest BCUT2D eigenvalue weighted by Crippen LogP contribution is 2.28. The van der Waals surface area contributed by atoms with Crippen molar-refractivity contribution in [3.05, 3.63) is 52.5 Å². The Morgan fingerprint density at radius 2 is 1.75 bits per heavy atom. The van der Waals surface area contributed by atoms with E-state index in [9.17, 15) is 4.79 Å². The van der Waals surface area contributed by atoms with Crippen LogP contribution in [0.15, 0.2) is 36.4 Å². The number of carbonyl (C=O) groups excluding carboxylic acids is 1. The van der Waals surface area contributed by atoms with Gasteiger partial charge >= 0.3 is 0 Å². The summed E-state index contributed by atoms with van der Waals surface area (Å²) in [7, 11) is 3.12. The molecule has 0 saturated carbocycles. The Kier molecular flexibility index (Phi) is 6.32. The standard InChI is InChI=1S/C18H20ClNO4/c1-4-24-17-9-12(5-7-16(17)23-3)11-20-18(21)13-6-8-15(22-2)14(19)10-13/h5-10H,4,11H2,1-3H3,(H,20,21). The SMILES string of the molecule is CCOc1cc(CNC(=O)c2ccc(OC)c(Cl)c2)ccc1OC. The Morgan fingerprint density at radius 1 is 1.04 bits per heavy atom. The molecule has 2 aromatic rings. The molecule has 0 radical (unpaired) electrons. The zero-order valence-electron chi connectivity index (χ0n) is 13.9. The number of ether oxygens (including phenoxy) is 3. The van der Waals surface area contributed by atoms with E-state index >= 15 is 0 Å². The fourth-order valence-corrected chi connectivity index (χ4v) is 2.45. The van der Waals surface area contributed by atoms with Crippen molar-refractivity contribution < 1.29 is 19.0 Å². The fraction of sp³-hybridized carbons (Fsp3) is 0.278. The average Bonchev–Trinajstić information content (AvgIpc) is 2.60. The lowest BCUT2D eigenvalue weighted by molar-refractivity contribution is 0.0951. The summed E-state index contributed by atoms with van der Waals surface area (Å²) in [6.07, 6.45) is 0. The molecule has 0 spiro atoms. The Morgan fingerprint density at radius 3 is 2.38 bits per heavy atom. The van der Waals surface area contributed by atoms with Gasteiger partial charge in [0.2, 0.25) is 0 Å². The number of hydrogen-bond acceptors (Lipinski definition) is 4. The van der Waals surface area contributed by atoms with Crippen molar-refractivity contribution in [2.45, 2.75) is 13.5 Å². The van der Waals surface area contributed by atoms with Crippen molar-refractivity contribution >= 4 is 17.5 Å². The molecule has 0 fully saturated rings. The average molecular weight is 350 g/mol. The van der Waals surface area contributed by atoms with E-state index in [0.29, 0.717) is 41.0 Å². The molecule has 0 unspecified atom stereocenters. The predicted octanol–water partition coefficient (Wildman–Crippen LogP) is 3.69. The number of carbonyl (C=O) groups is 1. The van der Waals surface area contributed by atoms with Crippen LogP contribution in [0, 0.1) is 0 Å². The highest BCUT2D eigenvalue weighted by Gasteiger charge is 2.10. The third-order valence-corrected chi connectivity index (χ3v) is 3.69. The van der Waals surface area contributed by atoms with Gasteiger partial charge in [0.25, 0.3) is 5.91 Å². The molecule has 0 atom stereocenters. The topological polar surface area (TPSA) is 56.8 Å². The van der Waals surface area contributed by atoms with Crippen LogP contribution in [0.5, 0.6) is 17.2 Å². The zero-order chi connectivity index (χ0) is 17.5. The Balaban J connectivity index is 2.06. The smallest absolute Gasteiger partial charge is 0.251 e. The van der Waals surface area contributed by atoms with Crippen molar-refractivity contribution in [2.24, 2.45) is 0 Å². The number of methoxy groups -OCH3 is 2. The second-order valence-corrected chi connectivity index (χ2v) is 5.36. The largest absolute Gasteiger partial charge is 0.495 e. The molecule has 5 nitrogen and oxygen atoms in total. The molecule has 128 valence electrons. The van der Waals surface area contributed by atoms with Gasteiger partial charge in [0, 0.05) is 12.1 Å². The van der Waals surface area contributed by atoms with E-state index in [2.05, 4.69) is 5.32 Å². The van der Waals surface area contributed by atoms with E-state index in [1.54, 1.807) is 25.3 Å². The molecule has 0 heterocycles. The van der Waals surface area contributed by atoms with Crippen LogP contribution in [0.25, 0.3) is 0 Å². The van der Waals surface area contributed by atoms with Crippen LogP contribution in [-0.2, 0) is 6.54 Å². The highest BCUT2D eigenvalue weighted by molar-refractivity contribution is 6.32. The molecular weight excluding hydrogens is 330 g/mol. The highest BCUT2D eigenvalue weighted by atomic mass is 35.5. The van der Waals surface area contributed by atoms with E-state index in [4.69, 9.17) is 25.8 Å². The quantitative estimate of drug-likeness (QED) is 0.828. The predicted molar refractivity (Wildman–Crippen MR) is 93.3 cm³/mol. The third kappa shape index (κ3) is 4.32. The summed E-state index contributed by atoms with van der Waals surface area (Å²) >= 11 is 6.04. The third-order valence-electron chi connectivity index (χ3n) is 3.39. The van der Waals surface area contributed by atoms with Gasteiger partial charge in [-0.2, -0.15) is 0 Å². The van der Waals surface area contributed by atoms with Crippen LogP contribution in [0.4, 0.5) is 0 Å². The van der Waals surface area contributed by atoms with E-state index in [0.717, 1.165) is 5.56 Å². The molecule has 0 aliphatic heterocycles. The van der Waals surface area contributed by atoms with Crippen molar-refractivity contribution in [3.8, 4) is 17.2 Å². The van der Waals surface area contributed by atoms with Crippen LogP contribution >= 0.6 is 11.6 Å². The fourth-order valence-electron chi connectivity index (χ4n) is 2.19. The van der Waals surface area contributed by atoms with Crippen molar-refractivity contribution in [1.29, 1.82) is 0 Å². The number of amides is 1. The maximum atomic E-state index is 12.2. The molecule has 6 heteroatoms. The normalized spacial score (nSPS) is 10.2. The molecule has 1 amide bonds. The summed E-state index contributed by atoms with van der Waals surface area (Å²) < 4.78 is 15.9. The lowest BCUT2D eigenvalue weighted by Crippen LogP contribution is -2.22. The minimum atomic E-state index is -0.215. The van der Waals surface area contributed by atoms with Gasteiger partial charge in [0.1, 0.15) is 5.75 Å². The minimum Gasteiger partial charge on any atom is -0.495 e. The molecule has 1 N–H and O–H groups in total. The number of rotatable bonds is 7. The molecular formula is C18H20ClNO4. The first-order chi connectivity index (χ1) is 11.6. The summed E-state index contributed by atoms with van der Waals surface area (Å²) in [4.78, 5) is 12.2. The summed E-state index contributed by atoms with van der Waals surface area (Å²) in [5.41, 5.74) is 1.38.